The Kier molecular flexibility index (Phi) is 6.93. The molecule has 1 N–H and O–H groups in total. The summed E-state index contributed by atoms with van der Waals surface area (Å²) < 4.78 is 4.90. The van der Waals surface area contributed by atoms with E-state index in [1.165, 1.54) is 18.8 Å². The molecule has 1 unspecified atom stereocenters. The lowest BCUT2D eigenvalue weighted by atomic mass is 10.1. The number of ether oxygens (including phenoxy) is 1. The number of aryl methyl sites for hydroxylation is 1. The molecule has 0 aliphatic rings. The van der Waals surface area contributed by atoms with Gasteiger partial charge in [-0.1, -0.05) is 6.07 Å². The molecule has 0 aliphatic carbocycles. The zero-order valence-corrected chi connectivity index (χ0v) is 12.5. The highest BCUT2D eigenvalue weighted by Crippen LogP contribution is 2.13. The Labute approximate surface area is 122 Å². The standard InChI is InChI=1S/C14H19NO4S/c1-10(16)13(14(18)15-2)19-12(17)8-4-3-6-11-7-5-9-20-11/h5,7,9,13H,3-4,6,8H2,1-2H3,(H,15,18). The van der Waals surface area contributed by atoms with Gasteiger partial charge in [-0.15, -0.1) is 11.3 Å². The Morgan fingerprint density at radius 2 is 2.10 bits per heavy atom. The number of ketones is 1. The molecule has 0 bridgehead atoms. The Bertz CT molecular complexity index is 456. The number of nitrogens with one attached hydrogen (secondary N) is 1. The number of hydrogen-bond donors (Lipinski definition) is 1. The Hall–Kier alpha value is -1.69. The van der Waals surface area contributed by atoms with Crippen LogP contribution < -0.4 is 5.32 Å². The minimum atomic E-state index is -1.33. The molecule has 1 rings (SSSR count). The predicted molar refractivity (Wildman–Crippen MR) is 76.5 cm³/mol. The van der Waals surface area contributed by atoms with Crippen LogP contribution in [0.1, 0.15) is 31.1 Å². The maximum Gasteiger partial charge on any atom is 0.307 e. The third-order valence-electron chi connectivity index (χ3n) is 2.74. The Morgan fingerprint density at radius 1 is 1.35 bits per heavy atom. The summed E-state index contributed by atoms with van der Waals surface area (Å²) in [6.45, 7) is 1.23. The lowest BCUT2D eigenvalue weighted by Crippen LogP contribution is -2.40. The highest BCUT2D eigenvalue weighted by atomic mass is 32.1. The van der Waals surface area contributed by atoms with Gasteiger partial charge in [0.05, 0.1) is 0 Å². The molecule has 1 aromatic rings. The van der Waals surface area contributed by atoms with E-state index in [1.54, 1.807) is 11.3 Å². The molecule has 1 amide bonds. The third kappa shape index (κ3) is 5.52. The maximum absolute atomic E-state index is 11.6. The van der Waals surface area contributed by atoms with Crippen LogP contribution >= 0.6 is 11.3 Å². The molecular formula is C14H19NO4S. The average molecular weight is 297 g/mol. The van der Waals surface area contributed by atoms with Gasteiger partial charge < -0.3 is 10.1 Å². The van der Waals surface area contributed by atoms with Crippen LogP contribution in [-0.4, -0.2) is 30.8 Å². The number of thiophene rings is 1. The van der Waals surface area contributed by atoms with Crippen LogP contribution in [0.3, 0.4) is 0 Å². The third-order valence-corrected chi connectivity index (χ3v) is 3.67. The van der Waals surface area contributed by atoms with E-state index in [9.17, 15) is 14.4 Å². The number of carbonyl (C=O) groups is 3. The first-order valence-electron chi connectivity index (χ1n) is 6.48. The highest BCUT2D eigenvalue weighted by Gasteiger charge is 2.26. The largest absolute Gasteiger partial charge is 0.444 e. The number of amides is 1. The van der Waals surface area contributed by atoms with E-state index >= 15 is 0 Å². The molecule has 0 saturated heterocycles. The van der Waals surface area contributed by atoms with Crippen LogP contribution in [0, 0.1) is 0 Å². The van der Waals surface area contributed by atoms with Crippen LogP contribution in [0.25, 0.3) is 0 Å². The van der Waals surface area contributed by atoms with Crippen LogP contribution in [0.5, 0.6) is 0 Å². The summed E-state index contributed by atoms with van der Waals surface area (Å²) in [6, 6.07) is 4.05. The van der Waals surface area contributed by atoms with Gasteiger partial charge in [-0.2, -0.15) is 0 Å². The van der Waals surface area contributed by atoms with Crippen LogP contribution in [0.15, 0.2) is 17.5 Å². The van der Waals surface area contributed by atoms with Gasteiger partial charge in [0.15, 0.2) is 5.78 Å². The van der Waals surface area contributed by atoms with Crippen LogP contribution in [0.4, 0.5) is 0 Å². The summed E-state index contributed by atoms with van der Waals surface area (Å²) >= 11 is 1.69. The summed E-state index contributed by atoms with van der Waals surface area (Å²) in [5, 5.41) is 4.32. The molecule has 1 aromatic heterocycles. The van der Waals surface area contributed by atoms with Crippen LogP contribution in [0.2, 0.25) is 0 Å². The number of Topliss-reactive ketones (excluding diaryl/α,β-unsaturated/α-hetero) is 1. The number of hydrogen-bond acceptors (Lipinski definition) is 5. The van der Waals surface area contributed by atoms with E-state index in [0.29, 0.717) is 6.42 Å². The first-order valence-corrected chi connectivity index (χ1v) is 7.36. The molecule has 1 heterocycles. The van der Waals surface area contributed by atoms with E-state index in [0.717, 1.165) is 12.8 Å². The maximum atomic E-state index is 11.6. The van der Waals surface area contributed by atoms with Gasteiger partial charge in [-0.3, -0.25) is 14.4 Å². The molecular weight excluding hydrogens is 278 g/mol. The van der Waals surface area contributed by atoms with Crippen molar-refractivity contribution < 1.29 is 19.1 Å². The predicted octanol–water partition coefficient (Wildman–Crippen LogP) is 1.71. The topological polar surface area (TPSA) is 72.5 Å². The van der Waals surface area contributed by atoms with Crippen molar-refractivity contribution in [1.82, 2.24) is 5.32 Å². The fraction of sp³-hybridized carbons (Fsp3) is 0.500. The summed E-state index contributed by atoms with van der Waals surface area (Å²) in [5.41, 5.74) is 0. The molecule has 1 atom stereocenters. The molecule has 20 heavy (non-hydrogen) atoms. The second-order valence-electron chi connectivity index (χ2n) is 4.38. The van der Waals surface area contributed by atoms with E-state index < -0.39 is 23.8 Å². The highest BCUT2D eigenvalue weighted by molar-refractivity contribution is 7.09. The van der Waals surface area contributed by atoms with E-state index in [4.69, 9.17) is 4.74 Å². The molecule has 0 radical (unpaired) electrons. The molecule has 5 nitrogen and oxygen atoms in total. The normalized spacial score (nSPS) is 11.7. The van der Waals surface area contributed by atoms with Gasteiger partial charge in [0.25, 0.3) is 5.91 Å². The van der Waals surface area contributed by atoms with Crippen molar-refractivity contribution in [3.05, 3.63) is 22.4 Å². The van der Waals surface area contributed by atoms with Crippen molar-refractivity contribution in [2.24, 2.45) is 0 Å². The van der Waals surface area contributed by atoms with Gasteiger partial charge in [-0.25, -0.2) is 0 Å². The smallest absolute Gasteiger partial charge is 0.307 e. The number of carbonyl (C=O) groups excluding carboxylic acids is 3. The summed E-state index contributed by atoms with van der Waals surface area (Å²) in [5.74, 6) is -1.58. The van der Waals surface area contributed by atoms with Gasteiger partial charge >= 0.3 is 5.97 Å². The van der Waals surface area contributed by atoms with E-state index in [1.807, 2.05) is 11.4 Å². The molecule has 0 aromatic carbocycles. The molecule has 0 spiro atoms. The number of rotatable bonds is 8. The Balaban J connectivity index is 2.27. The van der Waals surface area contributed by atoms with Crippen molar-refractivity contribution in [3.8, 4) is 0 Å². The minimum absolute atomic E-state index is 0.214. The first kappa shape index (κ1) is 16.4. The number of esters is 1. The zero-order valence-electron chi connectivity index (χ0n) is 11.7. The second kappa shape index (κ2) is 8.47. The fourth-order valence-corrected chi connectivity index (χ4v) is 2.42. The van der Waals surface area contributed by atoms with E-state index in [2.05, 4.69) is 11.4 Å². The molecule has 0 aliphatic heterocycles. The number of unbranched alkanes of at least 4 members (excludes halogenated alkanes) is 1. The lowest BCUT2D eigenvalue weighted by molar-refractivity contribution is -0.160. The van der Waals surface area contributed by atoms with Gasteiger partial charge in [0.2, 0.25) is 6.10 Å². The van der Waals surface area contributed by atoms with Crippen LogP contribution in [-0.2, 0) is 25.5 Å². The van der Waals surface area contributed by atoms with E-state index in [-0.39, 0.29) is 6.42 Å². The molecule has 6 heteroatoms. The minimum Gasteiger partial charge on any atom is -0.444 e. The summed E-state index contributed by atoms with van der Waals surface area (Å²) in [7, 11) is 1.40. The quantitative estimate of drug-likeness (QED) is 0.450. The fourth-order valence-electron chi connectivity index (χ4n) is 1.67. The molecule has 0 saturated carbocycles. The van der Waals surface area contributed by atoms with Gasteiger partial charge in [0, 0.05) is 18.3 Å². The van der Waals surface area contributed by atoms with Crippen molar-refractivity contribution in [2.45, 2.75) is 38.7 Å². The van der Waals surface area contributed by atoms with Gasteiger partial charge in [-0.05, 0) is 37.6 Å². The molecule has 0 fully saturated rings. The SMILES string of the molecule is CNC(=O)C(OC(=O)CCCCc1cccs1)C(C)=O. The number of likely N-dealkylation sites (N-methyl/N-ethyl adjacent to an activating group) is 1. The van der Waals surface area contributed by atoms with Crippen molar-refractivity contribution in [3.63, 3.8) is 0 Å². The lowest BCUT2D eigenvalue weighted by Gasteiger charge is -2.13. The van der Waals surface area contributed by atoms with Crippen molar-refractivity contribution >= 4 is 29.0 Å². The Morgan fingerprint density at radius 3 is 2.65 bits per heavy atom. The molecule has 110 valence electrons. The zero-order chi connectivity index (χ0) is 15.0. The summed E-state index contributed by atoms with van der Waals surface area (Å²) in [4.78, 5) is 35.5. The monoisotopic (exact) mass is 297 g/mol. The second-order valence-corrected chi connectivity index (χ2v) is 5.41. The summed E-state index contributed by atoms with van der Waals surface area (Å²) in [6.07, 6.45) is 1.36. The average Bonchev–Trinajstić information content (AvgIpc) is 2.93. The van der Waals surface area contributed by atoms with Crippen molar-refractivity contribution in [1.29, 1.82) is 0 Å². The van der Waals surface area contributed by atoms with Crippen molar-refractivity contribution in [2.75, 3.05) is 7.05 Å². The van der Waals surface area contributed by atoms with Gasteiger partial charge in [0.1, 0.15) is 0 Å². The first-order chi connectivity index (χ1) is 9.54.